The molecule has 0 radical (unpaired) electrons. The summed E-state index contributed by atoms with van der Waals surface area (Å²) in [6.07, 6.45) is 5.61. The standard InChI is InChI=1S/C15H21N3/c1-12(2)9-17-10-14-4-5-15(13(3)8-14)18-7-6-16-11-18/h4-8,11-12,17H,9-10H2,1-3H3. The van der Waals surface area contributed by atoms with Gasteiger partial charge in [0.05, 0.1) is 6.33 Å². The summed E-state index contributed by atoms with van der Waals surface area (Å²) in [5.41, 5.74) is 3.80. The summed E-state index contributed by atoms with van der Waals surface area (Å²) in [6.45, 7) is 8.58. The monoisotopic (exact) mass is 243 g/mol. The van der Waals surface area contributed by atoms with Crippen LogP contribution in [-0.4, -0.2) is 16.1 Å². The van der Waals surface area contributed by atoms with Crippen LogP contribution in [0.25, 0.3) is 5.69 Å². The van der Waals surface area contributed by atoms with Crippen LogP contribution in [0, 0.1) is 12.8 Å². The van der Waals surface area contributed by atoms with E-state index in [1.807, 2.05) is 17.1 Å². The maximum absolute atomic E-state index is 4.08. The van der Waals surface area contributed by atoms with Crippen LogP contribution in [0.5, 0.6) is 0 Å². The van der Waals surface area contributed by atoms with Crippen LogP contribution < -0.4 is 5.32 Å². The van der Waals surface area contributed by atoms with Crippen molar-refractivity contribution in [3.8, 4) is 5.69 Å². The van der Waals surface area contributed by atoms with Gasteiger partial charge in [0.15, 0.2) is 0 Å². The molecule has 2 aromatic rings. The predicted octanol–water partition coefficient (Wildman–Crippen LogP) is 2.93. The molecule has 0 fully saturated rings. The van der Waals surface area contributed by atoms with Gasteiger partial charge in [-0.1, -0.05) is 26.0 Å². The largest absolute Gasteiger partial charge is 0.312 e. The van der Waals surface area contributed by atoms with Crippen LogP contribution in [-0.2, 0) is 6.54 Å². The van der Waals surface area contributed by atoms with Gasteiger partial charge in [0.25, 0.3) is 0 Å². The highest BCUT2D eigenvalue weighted by atomic mass is 15.0. The van der Waals surface area contributed by atoms with Gasteiger partial charge in [-0.2, -0.15) is 0 Å². The van der Waals surface area contributed by atoms with E-state index in [0.29, 0.717) is 5.92 Å². The first-order chi connectivity index (χ1) is 8.66. The van der Waals surface area contributed by atoms with E-state index in [2.05, 4.69) is 49.3 Å². The van der Waals surface area contributed by atoms with Crippen LogP contribution in [0.4, 0.5) is 0 Å². The second-order valence-electron chi connectivity index (χ2n) is 5.12. The molecule has 1 aromatic heterocycles. The normalized spacial score (nSPS) is 11.1. The molecule has 18 heavy (non-hydrogen) atoms. The van der Waals surface area contributed by atoms with E-state index in [4.69, 9.17) is 0 Å². The molecular weight excluding hydrogens is 222 g/mol. The van der Waals surface area contributed by atoms with Crippen molar-refractivity contribution in [2.75, 3.05) is 6.54 Å². The van der Waals surface area contributed by atoms with E-state index < -0.39 is 0 Å². The molecular formula is C15H21N3. The van der Waals surface area contributed by atoms with Crippen molar-refractivity contribution in [2.45, 2.75) is 27.3 Å². The molecule has 0 atom stereocenters. The first-order valence-electron chi connectivity index (χ1n) is 6.45. The van der Waals surface area contributed by atoms with E-state index in [9.17, 15) is 0 Å². The molecule has 2 rings (SSSR count). The highest BCUT2D eigenvalue weighted by Crippen LogP contribution is 2.15. The molecule has 3 nitrogen and oxygen atoms in total. The van der Waals surface area contributed by atoms with Crippen molar-refractivity contribution in [3.63, 3.8) is 0 Å². The number of nitrogens with one attached hydrogen (secondary N) is 1. The number of benzene rings is 1. The quantitative estimate of drug-likeness (QED) is 0.875. The lowest BCUT2D eigenvalue weighted by molar-refractivity contribution is 0.552. The Bertz CT molecular complexity index is 486. The minimum Gasteiger partial charge on any atom is -0.312 e. The van der Waals surface area contributed by atoms with E-state index in [1.54, 1.807) is 6.20 Å². The summed E-state index contributed by atoms with van der Waals surface area (Å²) < 4.78 is 2.04. The number of aromatic nitrogens is 2. The Morgan fingerprint density at radius 3 is 2.78 bits per heavy atom. The molecule has 0 saturated heterocycles. The minimum absolute atomic E-state index is 0.691. The lowest BCUT2D eigenvalue weighted by Gasteiger charge is -2.11. The summed E-state index contributed by atoms with van der Waals surface area (Å²) >= 11 is 0. The van der Waals surface area contributed by atoms with Gasteiger partial charge in [-0.05, 0) is 36.6 Å². The molecule has 0 bridgehead atoms. The Kier molecular flexibility index (Phi) is 4.15. The number of nitrogens with zero attached hydrogens (tertiary/aromatic N) is 2. The third kappa shape index (κ3) is 3.20. The summed E-state index contributed by atoms with van der Waals surface area (Å²) in [7, 11) is 0. The van der Waals surface area contributed by atoms with Crippen LogP contribution >= 0.6 is 0 Å². The van der Waals surface area contributed by atoms with Gasteiger partial charge in [-0.3, -0.25) is 0 Å². The Labute approximate surface area is 109 Å². The SMILES string of the molecule is Cc1cc(CNCC(C)C)ccc1-n1ccnc1. The van der Waals surface area contributed by atoms with Gasteiger partial charge in [0.2, 0.25) is 0 Å². The van der Waals surface area contributed by atoms with Crippen LogP contribution in [0.3, 0.4) is 0 Å². The smallest absolute Gasteiger partial charge is 0.0991 e. The summed E-state index contributed by atoms with van der Waals surface area (Å²) in [6, 6.07) is 6.57. The molecule has 3 heteroatoms. The zero-order valence-corrected chi connectivity index (χ0v) is 11.4. The summed E-state index contributed by atoms with van der Waals surface area (Å²) in [5.74, 6) is 0.691. The number of hydrogen-bond donors (Lipinski definition) is 1. The Morgan fingerprint density at radius 2 is 2.17 bits per heavy atom. The molecule has 0 aliphatic heterocycles. The molecule has 96 valence electrons. The Hall–Kier alpha value is -1.61. The highest BCUT2D eigenvalue weighted by Gasteiger charge is 2.02. The summed E-state index contributed by atoms with van der Waals surface area (Å²) in [5, 5.41) is 3.46. The van der Waals surface area contributed by atoms with Gasteiger partial charge < -0.3 is 9.88 Å². The third-order valence-electron chi connectivity index (χ3n) is 2.93. The fourth-order valence-electron chi connectivity index (χ4n) is 2.02. The fraction of sp³-hybridized carbons (Fsp3) is 0.400. The Balaban J connectivity index is 2.06. The van der Waals surface area contributed by atoms with Crippen molar-refractivity contribution in [3.05, 3.63) is 48.0 Å². The number of rotatable bonds is 5. The molecule has 1 N–H and O–H groups in total. The van der Waals surface area contributed by atoms with Gasteiger partial charge >= 0.3 is 0 Å². The third-order valence-corrected chi connectivity index (χ3v) is 2.93. The van der Waals surface area contributed by atoms with Crippen molar-refractivity contribution < 1.29 is 0 Å². The maximum Gasteiger partial charge on any atom is 0.0991 e. The van der Waals surface area contributed by atoms with E-state index in [1.165, 1.54) is 16.8 Å². The molecule has 1 aromatic carbocycles. The van der Waals surface area contributed by atoms with Crippen molar-refractivity contribution in [1.82, 2.24) is 14.9 Å². The highest BCUT2D eigenvalue weighted by molar-refractivity contribution is 5.42. The number of hydrogen-bond acceptors (Lipinski definition) is 2. The zero-order valence-electron chi connectivity index (χ0n) is 11.4. The van der Waals surface area contributed by atoms with Crippen LogP contribution in [0.2, 0.25) is 0 Å². The van der Waals surface area contributed by atoms with E-state index in [-0.39, 0.29) is 0 Å². The number of imidazole rings is 1. The van der Waals surface area contributed by atoms with Gasteiger partial charge in [0.1, 0.15) is 0 Å². The van der Waals surface area contributed by atoms with Gasteiger partial charge in [-0.15, -0.1) is 0 Å². The topological polar surface area (TPSA) is 29.9 Å². The van der Waals surface area contributed by atoms with E-state index in [0.717, 1.165) is 13.1 Å². The van der Waals surface area contributed by atoms with Crippen LogP contribution in [0.15, 0.2) is 36.9 Å². The fourth-order valence-corrected chi connectivity index (χ4v) is 2.02. The predicted molar refractivity (Wildman–Crippen MR) is 74.8 cm³/mol. The average molecular weight is 243 g/mol. The molecule has 0 unspecified atom stereocenters. The second kappa shape index (κ2) is 5.83. The average Bonchev–Trinajstić information content (AvgIpc) is 2.82. The molecule has 0 saturated carbocycles. The molecule has 0 aliphatic rings. The zero-order chi connectivity index (χ0) is 13.0. The summed E-state index contributed by atoms with van der Waals surface area (Å²) in [4.78, 5) is 4.08. The first kappa shape index (κ1) is 12.8. The molecule has 0 amide bonds. The van der Waals surface area contributed by atoms with Gasteiger partial charge in [-0.25, -0.2) is 4.98 Å². The first-order valence-corrected chi connectivity index (χ1v) is 6.45. The van der Waals surface area contributed by atoms with Gasteiger partial charge in [0, 0.05) is 24.6 Å². The Morgan fingerprint density at radius 1 is 1.33 bits per heavy atom. The molecule has 0 spiro atoms. The van der Waals surface area contributed by atoms with Crippen molar-refractivity contribution in [1.29, 1.82) is 0 Å². The van der Waals surface area contributed by atoms with Crippen molar-refractivity contribution >= 4 is 0 Å². The number of aryl methyl sites for hydroxylation is 1. The lowest BCUT2D eigenvalue weighted by atomic mass is 10.1. The molecule has 1 heterocycles. The van der Waals surface area contributed by atoms with Crippen molar-refractivity contribution in [2.24, 2.45) is 5.92 Å². The second-order valence-corrected chi connectivity index (χ2v) is 5.12. The minimum atomic E-state index is 0.691. The lowest BCUT2D eigenvalue weighted by Crippen LogP contribution is -2.19. The van der Waals surface area contributed by atoms with E-state index >= 15 is 0 Å². The van der Waals surface area contributed by atoms with Crippen LogP contribution in [0.1, 0.15) is 25.0 Å². The molecule has 0 aliphatic carbocycles. The maximum atomic E-state index is 4.08.